The smallest absolute Gasteiger partial charge is 0.363 e. The van der Waals surface area contributed by atoms with Gasteiger partial charge < -0.3 is 15.4 Å². The number of thiophene rings is 1. The van der Waals surface area contributed by atoms with Crippen molar-refractivity contribution in [2.75, 3.05) is 5.32 Å². The van der Waals surface area contributed by atoms with Crippen molar-refractivity contribution in [1.29, 1.82) is 0 Å². The summed E-state index contributed by atoms with van der Waals surface area (Å²) in [6.45, 7) is 4.89. The summed E-state index contributed by atoms with van der Waals surface area (Å²) < 4.78 is 0. The number of aryl methyl sites for hydroxylation is 2. The van der Waals surface area contributed by atoms with E-state index in [1.807, 2.05) is 0 Å². The predicted molar refractivity (Wildman–Crippen MR) is 72.0 cm³/mol. The number of nitro groups is 1. The Morgan fingerprint density at radius 3 is 2.72 bits per heavy atom. The molecule has 5 nitrogen and oxygen atoms in total. The van der Waals surface area contributed by atoms with Gasteiger partial charge in [0.1, 0.15) is 0 Å². The van der Waals surface area contributed by atoms with Gasteiger partial charge in [-0.2, -0.15) is 0 Å². The molecule has 0 radical (unpaired) electrons. The highest BCUT2D eigenvalue weighted by Crippen LogP contribution is 2.21. The van der Waals surface area contributed by atoms with Crippen molar-refractivity contribution in [3.8, 4) is 0 Å². The molecule has 0 aliphatic rings. The lowest BCUT2D eigenvalue weighted by molar-refractivity contribution is -0.389. The summed E-state index contributed by atoms with van der Waals surface area (Å²) in [6, 6.07) is 5.21. The van der Waals surface area contributed by atoms with Gasteiger partial charge in [0.05, 0.1) is 5.69 Å². The Labute approximate surface area is 109 Å². The van der Waals surface area contributed by atoms with Gasteiger partial charge in [-0.15, -0.1) is 11.3 Å². The minimum atomic E-state index is -0.504. The molecule has 0 spiro atoms. The van der Waals surface area contributed by atoms with Crippen LogP contribution in [0.25, 0.3) is 0 Å². The van der Waals surface area contributed by atoms with Gasteiger partial charge in [0.15, 0.2) is 6.20 Å². The summed E-state index contributed by atoms with van der Waals surface area (Å²) in [7, 11) is 0. The van der Waals surface area contributed by atoms with E-state index in [1.165, 1.54) is 27.6 Å². The fraction of sp³-hybridized carbons (Fsp3) is 0.250. The predicted octanol–water partition coefficient (Wildman–Crippen LogP) is 3.28. The van der Waals surface area contributed by atoms with Crippen molar-refractivity contribution in [3.63, 3.8) is 0 Å². The van der Waals surface area contributed by atoms with Gasteiger partial charge in [-0.3, -0.25) is 0 Å². The van der Waals surface area contributed by atoms with Crippen LogP contribution in [0.1, 0.15) is 15.3 Å². The monoisotopic (exact) mass is 263 g/mol. The fourth-order valence-electron chi connectivity index (χ4n) is 1.52. The number of aromatic nitrogens is 1. The molecule has 0 bridgehead atoms. The molecule has 2 rings (SSSR count). The second kappa shape index (κ2) is 5.14. The topological polar surface area (TPSA) is 68.1 Å². The Morgan fingerprint density at radius 2 is 2.22 bits per heavy atom. The van der Waals surface area contributed by atoms with Gasteiger partial charge in [0, 0.05) is 22.4 Å². The summed E-state index contributed by atoms with van der Waals surface area (Å²) in [4.78, 5) is 16.3. The Hall–Kier alpha value is -1.95. The first-order valence-corrected chi connectivity index (χ1v) is 6.28. The third-order valence-electron chi connectivity index (χ3n) is 2.62. The SMILES string of the molecule is Cc1cc(CNc2ccc([N+](=O)[O-])nc2)sc1C. The van der Waals surface area contributed by atoms with Crippen LogP contribution in [-0.4, -0.2) is 9.91 Å². The normalized spacial score (nSPS) is 10.3. The molecule has 0 unspecified atom stereocenters. The number of hydrogen-bond acceptors (Lipinski definition) is 5. The van der Waals surface area contributed by atoms with Crippen molar-refractivity contribution < 1.29 is 4.92 Å². The van der Waals surface area contributed by atoms with Crippen molar-refractivity contribution >= 4 is 22.8 Å². The van der Waals surface area contributed by atoms with Crippen molar-refractivity contribution in [3.05, 3.63) is 49.8 Å². The van der Waals surface area contributed by atoms with E-state index in [4.69, 9.17) is 0 Å². The lowest BCUT2D eigenvalue weighted by atomic mass is 10.3. The zero-order chi connectivity index (χ0) is 13.1. The molecule has 0 saturated heterocycles. The first-order chi connectivity index (χ1) is 8.56. The standard InChI is InChI=1S/C12H13N3O2S/c1-8-5-11(18-9(8)2)7-13-10-3-4-12(14-6-10)15(16)17/h3-6,13H,7H2,1-2H3. The molecule has 0 atom stereocenters. The Kier molecular flexibility index (Phi) is 3.57. The third kappa shape index (κ3) is 2.84. The number of nitrogens with zero attached hydrogens (tertiary/aromatic N) is 2. The first kappa shape index (κ1) is 12.5. The molecule has 0 amide bonds. The molecule has 0 aromatic carbocycles. The minimum absolute atomic E-state index is 0.136. The van der Waals surface area contributed by atoms with E-state index >= 15 is 0 Å². The lowest BCUT2D eigenvalue weighted by Crippen LogP contribution is -1.99. The second-order valence-corrected chi connectivity index (χ2v) is 5.31. The van der Waals surface area contributed by atoms with Crippen LogP contribution in [0.15, 0.2) is 24.4 Å². The van der Waals surface area contributed by atoms with Gasteiger partial charge in [-0.05, 0) is 41.5 Å². The Balaban J connectivity index is 2.00. The second-order valence-electron chi connectivity index (χ2n) is 3.97. The largest absolute Gasteiger partial charge is 0.377 e. The lowest BCUT2D eigenvalue weighted by Gasteiger charge is -2.02. The first-order valence-electron chi connectivity index (χ1n) is 5.46. The zero-order valence-corrected chi connectivity index (χ0v) is 11.0. The third-order valence-corrected chi connectivity index (χ3v) is 3.77. The van der Waals surface area contributed by atoms with E-state index in [-0.39, 0.29) is 5.82 Å². The highest BCUT2D eigenvalue weighted by Gasteiger charge is 2.06. The molecule has 94 valence electrons. The van der Waals surface area contributed by atoms with Crippen LogP contribution in [0.2, 0.25) is 0 Å². The minimum Gasteiger partial charge on any atom is -0.377 e. The molecule has 0 aliphatic carbocycles. The van der Waals surface area contributed by atoms with Crippen LogP contribution < -0.4 is 5.32 Å². The molecule has 0 fully saturated rings. The van der Waals surface area contributed by atoms with Crippen LogP contribution in [0.3, 0.4) is 0 Å². The Morgan fingerprint density at radius 1 is 1.44 bits per heavy atom. The van der Waals surface area contributed by atoms with E-state index in [0.29, 0.717) is 6.54 Å². The van der Waals surface area contributed by atoms with Crippen molar-refractivity contribution in [2.24, 2.45) is 0 Å². The maximum atomic E-state index is 10.5. The highest BCUT2D eigenvalue weighted by atomic mass is 32.1. The van der Waals surface area contributed by atoms with Gasteiger partial charge >= 0.3 is 5.82 Å². The van der Waals surface area contributed by atoms with E-state index in [2.05, 4.69) is 30.2 Å². The summed E-state index contributed by atoms with van der Waals surface area (Å²) in [5, 5.41) is 13.6. The van der Waals surface area contributed by atoms with Crippen molar-refractivity contribution in [2.45, 2.75) is 20.4 Å². The number of hydrogen-bond donors (Lipinski definition) is 1. The molecule has 1 N–H and O–H groups in total. The maximum Gasteiger partial charge on any atom is 0.363 e. The number of anilines is 1. The van der Waals surface area contributed by atoms with Crippen molar-refractivity contribution in [1.82, 2.24) is 4.98 Å². The molecule has 18 heavy (non-hydrogen) atoms. The molecule has 2 aromatic rings. The fourth-order valence-corrected chi connectivity index (χ4v) is 2.52. The quantitative estimate of drug-likeness (QED) is 0.679. The average molecular weight is 263 g/mol. The van der Waals surface area contributed by atoms with E-state index < -0.39 is 4.92 Å². The summed E-state index contributed by atoms with van der Waals surface area (Å²) >= 11 is 1.75. The molecular formula is C12H13N3O2S. The average Bonchev–Trinajstić information content (AvgIpc) is 2.67. The molecular weight excluding hydrogens is 250 g/mol. The number of rotatable bonds is 4. The zero-order valence-electron chi connectivity index (χ0n) is 10.1. The number of pyridine rings is 1. The van der Waals surface area contributed by atoms with Crippen LogP contribution >= 0.6 is 11.3 Å². The van der Waals surface area contributed by atoms with Gasteiger partial charge in [-0.1, -0.05) is 0 Å². The van der Waals surface area contributed by atoms with Crippen LogP contribution in [0.5, 0.6) is 0 Å². The van der Waals surface area contributed by atoms with Crippen LogP contribution in [-0.2, 0) is 6.54 Å². The van der Waals surface area contributed by atoms with Crippen LogP contribution in [0, 0.1) is 24.0 Å². The molecule has 2 heterocycles. The molecule has 0 saturated carbocycles. The van der Waals surface area contributed by atoms with Crippen LogP contribution in [0.4, 0.5) is 11.5 Å². The molecule has 2 aromatic heterocycles. The van der Waals surface area contributed by atoms with Gasteiger partial charge in [0.2, 0.25) is 0 Å². The van der Waals surface area contributed by atoms with E-state index in [0.717, 1.165) is 5.69 Å². The Bertz CT molecular complexity index is 544. The number of nitrogens with one attached hydrogen (secondary N) is 1. The molecule has 0 aliphatic heterocycles. The molecule has 6 heteroatoms. The van der Waals surface area contributed by atoms with E-state index in [9.17, 15) is 10.1 Å². The van der Waals surface area contributed by atoms with Gasteiger partial charge in [-0.25, -0.2) is 0 Å². The summed E-state index contributed by atoms with van der Waals surface area (Å²) in [5.74, 6) is -0.136. The summed E-state index contributed by atoms with van der Waals surface area (Å²) in [6.07, 6.45) is 1.48. The highest BCUT2D eigenvalue weighted by molar-refractivity contribution is 7.12. The summed E-state index contributed by atoms with van der Waals surface area (Å²) in [5.41, 5.74) is 2.07. The van der Waals surface area contributed by atoms with Gasteiger partial charge in [0.25, 0.3) is 0 Å². The maximum absolute atomic E-state index is 10.5. The van der Waals surface area contributed by atoms with E-state index in [1.54, 1.807) is 17.4 Å².